The van der Waals surface area contributed by atoms with E-state index in [0.717, 1.165) is 19.2 Å². The number of methoxy groups -OCH3 is 1. The van der Waals surface area contributed by atoms with Gasteiger partial charge in [-0.3, -0.25) is 9.69 Å². The molecule has 272 valence electrons. The van der Waals surface area contributed by atoms with E-state index in [1.54, 1.807) is 18.2 Å². The molecule has 1 unspecified atom stereocenters. The molecule has 2 saturated heterocycles. The predicted octanol–water partition coefficient (Wildman–Crippen LogP) is 7.29. The maximum Gasteiger partial charge on any atom is 0.338 e. The first kappa shape index (κ1) is 38.6. The van der Waals surface area contributed by atoms with Gasteiger partial charge in [-0.1, -0.05) is 68.2 Å². The van der Waals surface area contributed by atoms with Gasteiger partial charge in [-0.15, -0.1) is 0 Å². The highest BCUT2D eigenvalue weighted by atomic mass is 35.5. The molecular formula is C39H43Cl2F2N3O5. The first-order valence-corrected chi connectivity index (χ1v) is 17.7. The Balaban J connectivity index is 1.50. The van der Waals surface area contributed by atoms with Crippen LogP contribution in [0.15, 0.2) is 54.6 Å². The van der Waals surface area contributed by atoms with Crippen LogP contribution >= 0.6 is 23.2 Å². The number of Topliss-reactive ketones (excluding diaryl/α,β-unsaturated/α-hetero) is 1. The quantitative estimate of drug-likeness (QED) is 0.205. The largest absolute Gasteiger partial charge is 0.496 e. The number of esters is 1. The molecule has 2 heterocycles. The molecule has 0 saturated carbocycles. The lowest BCUT2D eigenvalue weighted by Crippen LogP contribution is -2.44. The number of nitrogens with one attached hydrogen (secondary N) is 1. The highest BCUT2D eigenvalue weighted by Gasteiger charge is 2.61. The molecule has 0 radical (unpaired) electrons. The summed E-state index contributed by atoms with van der Waals surface area (Å²) in [7, 11) is 1.43. The van der Waals surface area contributed by atoms with Crippen molar-refractivity contribution in [2.24, 2.45) is 5.41 Å². The summed E-state index contributed by atoms with van der Waals surface area (Å²) in [6, 6.07) is 13.6. The predicted molar refractivity (Wildman–Crippen MR) is 191 cm³/mol. The SMILES string of the molecule is COc1cc(C(=O)OCC(C)N2CCOCC2)ccc1CC(=O)[C@@H]1N[C@@H](CC(C)(C)C)[C@](C#N)(c2ccc(Cl)cc2F)[C@H]1c1cccc(Cl)c1F. The van der Waals surface area contributed by atoms with Crippen molar-refractivity contribution in [1.82, 2.24) is 10.2 Å². The van der Waals surface area contributed by atoms with Crippen LogP contribution in [0.4, 0.5) is 8.78 Å². The molecule has 0 aromatic heterocycles. The third-order valence-electron chi connectivity index (χ3n) is 9.81. The maximum absolute atomic E-state index is 16.0. The average Bonchev–Trinajstić information content (AvgIpc) is 3.41. The Kier molecular flexibility index (Phi) is 12.1. The zero-order chi connectivity index (χ0) is 37.1. The van der Waals surface area contributed by atoms with Gasteiger partial charge >= 0.3 is 5.97 Å². The maximum atomic E-state index is 16.0. The Hall–Kier alpha value is -3.59. The van der Waals surface area contributed by atoms with E-state index in [4.69, 9.17) is 37.4 Å². The Bertz CT molecular complexity index is 1810. The van der Waals surface area contributed by atoms with Gasteiger partial charge in [0.25, 0.3) is 0 Å². The van der Waals surface area contributed by atoms with Crippen LogP contribution in [-0.2, 0) is 26.1 Å². The number of hydrogen-bond acceptors (Lipinski definition) is 8. The molecule has 5 rings (SSSR count). The van der Waals surface area contributed by atoms with Gasteiger partial charge in [-0.2, -0.15) is 5.26 Å². The molecule has 1 N–H and O–H groups in total. The van der Waals surface area contributed by atoms with Crippen LogP contribution in [0, 0.1) is 28.4 Å². The summed E-state index contributed by atoms with van der Waals surface area (Å²) in [6.07, 6.45) is 0.144. The van der Waals surface area contributed by atoms with Crippen molar-refractivity contribution in [1.29, 1.82) is 5.26 Å². The molecule has 0 bridgehead atoms. The molecule has 51 heavy (non-hydrogen) atoms. The van der Waals surface area contributed by atoms with Crippen molar-refractivity contribution in [3.63, 3.8) is 0 Å². The lowest BCUT2D eigenvalue weighted by atomic mass is 9.62. The zero-order valence-electron chi connectivity index (χ0n) is 29.4. The molecular weight excluding hydrogens is 699 g/mol. The fourth-order valence-corrected chi connectivity index (χ4v) is 7.67. The number of rotatable bonds is 11. The summed E-state index contributed by atoms with van der Waals surface area (Å²) in [5.41, 5.74) is -1.40. The summed E-state index contributed by atoms with van der Waals surface area (Å²) < 4.78 is 48.6. The highest BCUT2D eigenvalue weighted by Crippen LogP contribution is 2.53. The number of nitriles is 1. The van der Waals surface area contributed by atoms with Crippen molar-refractivity contribution in [2.75, 3.05) is 40.0 Å². The third kappa shape index (κ3) is 8.24. The summed E-state index contributed by atoms with van der Waals surface area (Å²) in [4.78, 5) is 29.7. The van der Waals surface area contributed by atoms with E-state index < -0.39 is 46.8 Å². The molecule has 2 aliphatic rings. The van der Waals surface area contributed by atoms with E-state index in [1.807, 2.05) is 27.7 Å². The standard InChI is InChI=1S/C39H43Cl2F2N3O5/c1-23(46-13-15-50-16-14-46)21-51-37(48)25-10-9-24(32(18-25)49-5)17-31(47)36-34(27-7-6-8-29(41)35(27)43)39(22-44,33(45-36)20-38(2,3)4)28-12-11-26(40)19-30(28)42/h6-12,18-19,23,33-34,36,45H,13-17,20-21H2,1-5H3/t23?,33-,34-,36-,39-/m0/s1. The van der Waals surface area contributed by atoms with E-state index in [1.165, 1.54) is 37.4 Å². The molecule has 2 fully saturated rings. The van der Waals surface area contributed by atoms with Gasteiger partial charge < -0.3 is 19.5 Å². The fraction of sp³-hybridized carbons (Fsp3) is 0.462. The lowest BCUT2D eigenvalue weighted by molar-refractivity contribution is -0.120. The average molecular weight is 743 g/mol. The minimum absolute atomic E-state index is 0.000732. The molecule has 0 amide bonds. The first-order chi connectivity index (χ1) is 24.2. The van der Waals surface area contributed by atoms with Crippen LogP contribution in [0.3, 0.4) is 0 Å². The topological polar surface area (TPSA) is 101 Å². The Morgan fingerprint density at radius 3 is 2.49 bits per heavy atom. The van der Waals surface area contributed by atoms with E-state index >= 15 is 8.78 Å². The van der Waals surface area contributed by atoms with Crippen molar-refractivity contribution < 1.29 is 32.6 Å². The number of benzene rings is 3. The summed E-state index contributed by atoms with van der Waals surface area (Å²) in [5.74, 6) is -3.37. The molecule has 8 nitrogen and oxygen atoms in total. The van der Waals surface area contributed by atoms with Crippen molar-refractivity contribution >= 4 is 35.0 Å². The van der Waals surface area contributed by atoms with Gasteiger partial charge in [0.2, 0.25) is 0 Å². The van der Waals surface area contributed by atoms with Gasteiger partial charge in [0.15, 0.2) is 5.78 Å². The van der Waals surface area contributed by atoms with Gasteiger partial charge in [0.05, 0.1) is 43.0 Å². The second-order valence-electron chi connectivity index (χ2n) is 14.5. The summed E-state index contributed by atoms with van der Waals surface area (Å²) in [5, 5.41) is 14.4. The molecule has 3 aromatic rings. The second kappa shape index (κ2) is 16.0. The number of carbonyl (C=O) groups excluding carboxylic acids is 2. The number of morpholine rings is 1. The number of ether oxygens (including phenoxy) is 3. The number of ketones is 1. The smallest absolute Gasteiger partial charge is 0.338 e. The Morgan fingerprint density at radius 2 is 1.84 bits per heavy atom. The minimum atomic E-state index is -1.75. The van der Waals surface area contributed by atoms with Gasteiger partial charge in [-0.25, -0.2) is 13.6 Å². The summed E-state index contributed by atoms with van der Waals surface area (Å²) in [6.45, 7) is 10.9. The Labute approximate surface area is 308 Å². The monoisotopic (exact) mass is 741 g/mol. The molecule has 0 spiro atoms. The van der Waals surface area contributed by atoms with Crippen LogP contribution in [0.5, 0.6) is 5.75 Å². The molecule has 3 aromatic carbocycles. The number of nitrogens with zero attached hydrogens (tertiary/aromatic N) is 2. The van der Waals surface area contributed by atoms with E-state index in [0.29, 0.717) is 25.2 Å². The normalized spacial score (nSPS) is 23.0. The zero-order valence-corrected chi connectivity index (χ0v) is 30.9. The highest BCUT2D eigenvalue weighted by molar-refractivity contribution is 6.31. The van der Waals surface area contributed by atoms with Crippen molar-refractivity contribution in [2.45, 2.75) is 70.0 Å². The van der Waals surface area contributed by atoms with Crippen LogP contribution in [0.1, 0.15) is 67.1 Å². The van der Waals surface area contributed by atoms with Gasteiger partial charge in [-0.05, 0) is 54.7 Å². The second-order valence-corrected chi connectivity index (χ2v) is 15.3. The molecule has 5 atom stereocenters. The van der Waals surface area contributed by atoms with Gasteiger partial charge in [0, 0.05) is 53.7 Å². The van der Waals surface area contributed by atoms with Gasteiger partial charge in [0.1, 0.15) is 29.4 Å². The number of carbonyl (C=O) groups is 2. The van der Waals surface area contributed by atoms with Crippen LogP contribution in [0.2, 0.25) is 10.0 Å². The fourth-order valence-electron chi connectivity index (χ4n) is 7.33. The minimum Gasteiger partial charge on any atom is -0.496 e. The lowest BCUT2D eigenvalue weighted by Gasteiger charge is -2.37. The molecule has 2 aliphatic heterocycles. The summed E-state index contributed by atoms with van der Waals surface area (Å²) >= 11 is 12.4. The van der Waals surface area contributed by atoms with Crippen molar-refractivity contribution in [3.8, 4) is 11.8 Å². The third-order valence-corrected chi connectivity index (χ3v) is 10.3. The van der Waals surface area contributed by atoms with E-state index in [2.05, 4.69) is 16.3 Å². The number of hydrogen-bond donors (Lipinski definition) is 1. The Morgan fingerprint density at radius 1 is 1.12 bits per heavy atom. The molecule has 0 aliphatic carbocycles. The van der Waals surface area contributed by atoms with Crippen LogP contribution in [-0.4, -0.2) is 74.8 Å². The molecule has 12 heteroatoms. The van der Waals surface area contributed by atoms with E-state index in [-0.39, 0.29) is 57.0 Å². The number of halogens is 4. The van der Waals surface area contributed by atoms with Crippen LogP contribution in [0.25, 0.3) is 0 Å². The van der Waals surface area contributed by atoms with Crippen molar-refractivity contribution in [3.05, 3.63) is 98.5 Å². The first-order valence-electron chi connectivity index (χ1n) is 17.0. The van der Waals surface area contributed by atoms with Crippen LogP contribution < -0.4 is 10.1 Å². The van der Waals surface area contributed by atoms with E-state index in [9.17, 15) is 14.9 Å².